The highest BCUT2D eigenvalue weighted by molar-refractivity contribution is 14.1. The molecule has 0 unspecified atom stereocenters. The number of nitrogens with one attached hydrogen (secondary N) is 1. The average molecular weight is 289 g/mol. The minimum atomic E-state index is 0.312. The molecule has 1 fully saturated rings. The minimum absolute atomic E-state index is 0.312. The van der Waals surface area contributed by atoms with Crippen LogP contribution in [0.15, 0.2) is 12.4 Å². The lowest BCUT2D eigenvalue weighted by Gasteiger charge is -2.14. The Labute approximate surface area is 91.5 Å². The molecule has 1 aromatic rings. The first-order valence-corrected chi connectivity index (χ1v) is 5.58. The molecule has 2 rings (SSSR count). The topological polar surface area (TPSA) is 37.8 Å². The molecule has 0 atom stereocenters. The van der Waals surface area contributed by atoms with Crippen molar-refractivity contribution in [2.75, 3.05) is 5.32 Å². The van der Waals surface area contributed by atoms with Crippen molar-refractivity contribution in [2.24, 2.45) is 0 Å². The van der Waals surface area contributed by atoms with Crippen LogP contribution < -0.4 is 5.32 Å². The van der Waals surface area contributed by atoms with Gasteiger partial charge in [-0.15, -0.1) is 0 Å². The largest absolute Gasteiger partial charge is 0.349 e. The molecule has 13 heavy (non-hydrogen) atoms. The zero-order chi connectivity index (χ0) is 9.31. The van der Waals surface area contributed by atoms with Crippen molar-refractivity contribution in [3.05, 3.63) is 16.0 Å². The van der Waals surface area contributed by atoms with E-state index >= 15 is 0 Å². The summed E-state index contributed by atoms with van der Waals surface area (Å²) < 4.78 is 1.07. The predicted molar refractivity (Wildman–Crippen MR) is 60.6 cm³/mol. The summed E-state index contributed by atoms with van der Waals surface area (Å²) in [5, 5.41) is 3.38. The molecule has 0 radical (unpaired) electrons. The zero-order valence-electron chi connectivity index (χ0n) is 7.55. The van der Waals surface area contributed by atoms with Gasteiger partial charge in [-0.2, -0.15) is 0 Å². The second kappa shape index (κ2) is 3.40. The number of hydrogen-bond donors (Lipinski definition) is 1. The van der Waals surface area contributed by atoms with Gasteiger partial charge in [0.2, 0.25) is 5.95 Å². The van der Waals surface area contributed by atoms with E-state index in [2.05, 4.69) is 44.8 Å². The van der Waals surface area contributed by atoms with E-state index in [1.54, 1.807) is 0 Å². The summed E-state index contributed by atoms with van der Waals surface area (Å²) in [5.41, 5.74) is 0.312. The fourth-order valence-corrected chi connectivity index (χ4v) is 1.61. The summed E-state index contributed by atoms with van der Waals surface area (Å²) in [6.07, 6.45) is 7.32. The van der Waals surface area contributed by atoms with Gasteiger partial charge in [0.15, 0.2) is 0 Å². The van der Waals surface area contributed by atoms with Crippen LogP contribution in [-0.4, -0.2) is 15.5 Å². The summed E-state index contributed by atoms with van der Waals surface area (Å²) in [6.45, 7) is 2.20. The summed E-state index contributed by atoms with van der Waals surface area (Å²) in [4.78, 5) is 8.44. The molecule has 0 spiro atoms. The van der Waals surface area contributed by atoms with Gasteiger partial charge < -0.3 is 5.32 Å². The maximum absolute atomic E-state index is 4.22. The van der Waals surface area contributed by atoms with Crippen molar-refractivity contribution in [1.29, 1.82) is 0 Å². The highest BCUT2D eigenvalue weighted by Crippen LogP contribution is 2.40. The van der Waals surface area contributed by atoms with Gasteiger partial charge in [0.25, 0.3) is 0 Å². The lowest BCUT2D eigenvalue weighted by molar-refractivity contribution is 0.692. The fourth-order valence-electron chi connectivity index (χ4n) is 1.33. The van der Waals surface area contributed by atoms with E-state index in [1.165, 1.54) is 12.8 Å². The van der Waals surface area contributed by atoms with Crippen molar-refractivity contribution >= 4 is 28.5 Å². The lowest BCUT2D eigenvalue weighted by atomic mass is 10.2. The molecule has 3 nitrogen and oxygen atoms in total. The fraction of sp³-hybridized carbons (Fsp3) is 0.556. The van der Waals surface area contributed by atoms with Gasteiger partial charge in [0, 0.05) is 21.5 Å². The Bertz CT molecular complexity index is 292. The second-order valence-corrected chi connectivity index (χ2v) is 4.73. The summed E-state index contributed by atoms with van der Waals surface area (Å²) in [7, 11) is 0. The van der Waals surface area contributed by atoms with Crippen molar-refractivity contribution in [3.63, 3.8) is 0 Å². The van der Waals surface area contributed by atoms with Crippen LogP contribution in [-0.2, 0) is 0 Å². The zero-order valence-corrected chi connectivity index (χ0v) is 9.71. The number of aromatic nitrogens is 2. The van der Waals surface area contributed by atoms with Crippen LogP contribution in [0.4, 0.5) is 5.95 Å². The number of rotatable bonds is 3. The van der Waals surface area contributed by atoms with E-state index in [0.717, 1.165) is 15.9 Å². The minimum Gasteiger partial charge on any atom is -0.349 e. The molecule has 0 aromatic carbocycles. The molecule has 1 heterocycles. The van der Waals surface area contributed by atoms with E-state index in [4.69, 9.17) is 0 Å². The maximum Gasteiger partial charge on any atom is 0.223 e. The highest BCUT2D eigenvalue weighted by atomic mass is 127. The Kier molecular flexibility index (Phi) is 2.40. The normalized spacial score (nSPS) is 18.3. The molecule has 0 aliphatic heterocycles. The van der Waals surface area contributed by atoms with E-state index in [0.29, 0.717) is 5.54 Å². The Balaban J connectivity index is 2.06. The van der Waals surface area contributed by atoms with Crippen LogP contribution in [0.2, 0.25) is 0 Å². The first kappa shape index (κ1) is 9.18. The van der Waals surface area contributed by atoms with Gasteiger partial charge in [0.1, 0.15) is 0 Å². The third kappa shape index (κ3) is 2.10. The van der Waals surface area contributed by atoms with Gasteiger partial charge in [0.05, 0.1) is 0 Å². The molecular weight excluding hydrogens is 277 g/mol. The maximum atomic E-state index is 4.22. The monoisotopic (exact) mass is 289 g/mol. The molecule has 1 N–H and O–H groups in total. The van der Waals surface area contributed by atoms with Crippen molar-refractivity contribution in [3.8, 4) is 0 Å². The molecule has 1 aromatic heterocycles. The molecule has 1 saturated carbocycles. The van der Waals surface area contributed by atoms with Crippen LogP contribution >= 0.6 is 22.6 Å². The van der Waals surface area contributed by atoms with Crippen LogP contribution in [0.5, 0.6) is 0 Å². The van der Waals surface area contributed by atoms with Crippen molar-refractivity contribution in [1.82, 2.24) is 9.97 Å². The number of halogens is 1. The van der Waals surface area contributed by atoms with Crippen molar-refractivity contribution < 1.29 is 0 Å². The molecular formula is C9H12IN3. The molecule has 0 bridgehead atoms. The summed E-state index contributed by atoms with van der Waals surface area (Å²) >= 11 is 2.21. The van der Waals surface area contributed by atoms with Crippen LogP contribution in [0, 0.1) is 3.57 Å². The van der Waals surface area contributed by atoms with Crippen LogP contribution in [0.1, 0.15) is 26.2 Å². The summed E-state index contributed by atoms with van der Waals surface area (Å²) in [6, 6.07) is 0. The molecule has 4 heteroatoms. The third-order valence-electron chi connectivity index (χ3n) is 2.53. The predicted octanol–water partition coefficient (Wildman–Crippen LogP) is 2.44. The Hall–Kier alpha value is -0.390. The second-order valence-electron chi connectivity index (χ2n) is 3.48. The van der Waals surface area contributed by atoms with Gasteiger partial charge in [-0.3, -0.25) is 0 Å². The van der Waals surface area contributed by atoms with Gasteiger partial charge in [-0.1, -0.05) is 6.92 Å². The standard InChI is InChI=1S/C9H12IN3/c1-2-9(3-4-9)13-8-11-5-7(10)6-12-8/h5-6H,2-4H2,1H3,(H,11,12,13). The van der Waals surface area contributed by atoms with E-state index in [1.807, 2.05) is 12.4 Å². The first-order valence-electron chi connectivity index (χ1n) is 4.50. The van der Waals surface area contributed by atoms with Gasteiger partial charge in [-0.25, -0.2) is 9.97 Å². The molecule has 0 saturated heterocycles. The Morgan fingerprint density at radius 3 is 2.54 bits per heavy atom. The SMILES string of the molecule is CCC1(Nc2ncc(I)cn2)CC1. The van der Waals surface area contributed by atoms with E-state index < -0.39 is 0 Å². The summed E-state index contributed by atoms with van der Waals surface area (Å²) in [5.74, 6) is 0.764. The number of anilines is 1. The molecule has 0 amide bonds. The van der Waals surface area contributed by atoms with Crippen molar-refractivity contribution in [2.45, 2.75) is 31.7 Å². The van der Waals surface area contributed by atoms with E-state index in [9.17, 15) is 0 Å². The smallest absolute Gasteiger partial charge is 0.223 e. The Morgan fingerprint density at radius 1 is 1.46 bits per heavy atom. The molecule has 70 valence electrons. The number of nitrogens with zero attached hydrogens (tertiary/aromatic N) is 2. The third-order valence-corrected chi connectivity index (χ3v) is 3.08. The number of hydrogen-bond acceptors (Lipinski definition) is 3. The van der Waals surface area contributed by atoms with Crippen LogP contribution in [0.25, 0.3) is 0 Å². The quantitative estimate of drug-likeness (QED) is 0.868. The highest BCUT2D eigenvalue weighted by Gasteiger charge is 2.41. The Morgan fingerprint density at radius 2 is 2.08 bits per heavy atom. The van der Waals surface area contributed by atoms with Gasteiger partial charge >= 0.3 is 0 Å². The lowest BCUT2D eigenvalue weighted by Crippen LogP contribution is -2.21. The average Bonchev–Trinajstić information content (AvgIpc) is 2.90. The molecule has 1 aliphatic rings. The molecule has 1 aliphatic carbocycles. The van der Waals surface area contributed by atoms with E-state index in [-0.39, 0.29) is 0 Å². The van der Waals surface area contributed by atoms with Gasteiger partial charge in [-0.05, 0) is 41.9 Å². The van der Waals surface area contributed by atoms with Crippen LogP contribution in [0.3, 0.4) is 0 Å². The first-order chi connectivity index (χ1) is 6.24.